The van der Waals surface area contributed by atoms with Gasteiger partial charge in [0.25, 0.3) is 0 Å². The van der Waals surface area contributed by atoms with Gasteiger partial charge in [-0.1, -0.05) is 44.9 Å². The van der Waals surface area contributed by atoms with E-state index >= 15 is 0 Å². The number of halogens is 2. The number of rotatable bonds is 1. The Morgan fingerprint density at radius 1 is 0.933 bits per heavy atom. The first-order valence-electron chi connectivity index (χ1n) is 9.01. The minimum absolute atomic E-state index is 0. The molecule has 30 heavy (non-hydrogen) atoms. The van der Waals surface area contributed by atoms with Crippen LogP contribution in [0.2, 0.25) is 0 Å². The fraction of sp³-hybridized carbons (Fsp3) is 0.192. The number of hydrogen-bond acceptors (Lipinski definition) is 0. The van der Waals surface area contributed by atoms with Gasteiger partial charge in [0, 0.05) is 0 Å². The first kappa shape index (κ1) is 28.5. The van der Waals surface area contributed by atoms with E-state index < -0.39 is 11.6 Å². The Labute approximate surface area is 197 Å². The van der Waals surface area contributed by atoms with E-state index in [9.17, 15) is 8.78 Å². The molecule has 3 aromatic rings. The van der Waals surface area contributed by atoms with Gasteiger partial charge in [-0.05, 0) is 11.6 Å². The molecule has 0 saturated carbocycles. The SMILES string of the molecule is CC1=[C-]C(C)C(C)=C1C.Fc1cccc(-c2c[cH-]c3ccccc23)c1F.[CH3-].[CH3-].[Si]=[Zr]. The van der Waals surface area contributed by atoms with Crippen molar-refractivity contribution >= 4 is 17.7 Å². The molecule has 1 atom stereocenters. The summed E-state index contributed by atoms with van der Waals surface area (Å²) < 4.78 is 26.9. The fourth-order valence-electron chi connectivity index (χ4n) is 3.26. The van der Waals surface area contributed by atoms with Gasteiger partial charge < -0.3 is 14.9 Å². The Hall–Kier alpha value is -1.51. The van der Waals surface area contributed by atoms with E-state index in [1.54, 1.807) is 6.07 Å². The molecule has 2 radical (unpaired) electrons. The van der Waals surface area contributed by atoms with E-state index in [4.69, 9.17) is 0 Å². The molecule has 0 aromatic heterocycles. The molecule has 4 heteroatoms. The molecule has 0 fully saturated rings. The fourth-order valence-corrected chi connectivity index (χ4v) is 3.26. The second kappa shape index (κ2) is 13.0. The summed E-state index contributed by atoms with van der Waals surface area (Å²) in [5.74, 6) is -1.04. The summed E-state index contributed by atoms with van der Waals surface area (Å²) >= 11 is 1.36. The molecule has 3 aromatic carbocycles. The Bertz CT molecular complexity index is 1030. The van der Waals surface area contributed by atoms with Crippen LogP contribution in [0.15, 0.2) is 71.3 Å². The van der Waals surface area contributed by atoms with Crippen molar-refractivity contribution in [3.05, 3.63) is 104 Å². The van der Waals surface area contributed by atoms with Crippen molar-refractivity contribution in [3.8, 4) is 11.1 Å². The summed E-state index contributed by atoms with van der Waals surface area (Å²) in [7, 11) is 0. The van der Waals surface area contributed by atoms with Crippen LogP contribution in [0.5, 0.6) is 0 Å². The van der Waals surface area contributed by atoms with Crippen LogP contribution in [0, 0.1) is 38.5 Å². The molecule has 1 aliphatic carbocycles. The molecular weight excluding hydrogens is 470 g/mol. The molecule has 0 heterocycles. The van der Waals surface area contributed by atoms with E-state index in [0.29, 0.717) is 11.5 Å². The van der Waals surface area contributed by atoms with Crippen molar-refractivity contribution in [2.24, 2.45) is 5.92 Å². The molecule has 0 aliphatic heterocycles. The zero-order valence-corrected chi connectivity index (χ0v) is 22.0. The predicted molar refractivity (Wildman–Crippen MR) is 123 cm³/mol. The van der Waals surface area contributed by atoms with Crippen molar-refractivity contribution in [1.82, 2.24) is 0 Å². The van der Waals surface area contributed by atoms with Crippen LogP contribution in [0.3, 0.4) is 0 Å². The summed E-state index contributed by atoms with van der Waals surface area (Å²) in [6, 6.07) is 15.7. The second-order valence-corrected chi connectivity index (χ2v) is 6.73. The van der Waals surface area contributed by atoms with Crippen molar-refractivity contribution in [1.29, 1.82) is 0 Å². The van der Waals surface area contributed by atoms with Crippen molar-refractivity contribution in [3.63, 3.8) is 0 Å². The minimum atomic E-state index is -0.812. The molecule has 0 amide bonds. The Morgan fingerprint density at radius 3 is 2.10 bits per heavy atom. The number of benzene rings is 2. The first-order chi connectivity index (χ1) is 13.4. The number of allylic oxidation sites excluding steroid dienone is 4. The van der Waals surface area contributed by atoms with Gasteiger partial charge in [0.2, 0.25) is 0 Å². The van der Waals surface area contributed by atoms with Gasteiger partial charge in [0.15, 0.2) is 11.6 Å². The topological polar surface area (TPSA) is 0 Å². The van der Waals surface area contributed by atoms with Crippen LogP contribution >= 0.6 is 0 Å². The number of hydrogen-bond donors (Lipinski definition) is 0. The van der Waals surface area contributed by atoms with Gasteiger partial charge in [-0.3, -0.25) is 6.08 Å². The maximum atomic E-state index is 13.7. The average Bonchev–Trinajstić information content (AvgIpc) is 3.23. The van der Waals surface area contributed by atoms with Crippen LogP contribution in [-0.4, -0.2) is 6.88 Å². The van der Waals surface area contributed by atoms with E-state index in [2.05, 4.69) is 40.7 Å². The zero-order valence-electron chi connectivity index (χ0n) is 18.5. The molecule has 0 nitrogen and oxygen atoms in total. The first-order valence-corrected chi connectivity index (χ1v) is 13.2. The van der Waals surface area contributed by atoms with Gasteiger partial charge in [0.1, 0.15) is 0 Å². The third-order valence-electron chi connectivity index (χ3n) is 5.16. The normalized spacial score (nSPS) is 14.4. The van der Waals surface area contributed by atoms with Crippen LogP contribution in [0.4, 0.5) is 8.78 Å². The van der Waals surface area contributed by atoms with Crippen molar-refractivity contribution < 1.29 is 32.1 Å². The molecule has 158 valence electrons. The molecule has 0 bridgehead atoms. The quantitative estimate of drug-likeness (QED) is 0.238. The van der Waals surface area contributed by atoms with Gasteiger partial charge in [-0.25, -0.2) is 14.4 Å². The van der Waals surface area contributed by atoms with E-state index in [1.165, 1.54) is 46.1 Å². The monoisotopic (exact) mass is 496 g/mol. The standard InChI is InChI=1S/C15H9F2.C9H13.2CH3.Si.Zr/c16-14-7-3-6-13(15(14)17)12-9-8-10-4-1-2-5-11(10)12;1-6-5-7(2)9(4)8(6)3;;;;/h1-9H;6H,1-4H3;2*1H3;;/q4*-1;;. The summed E-state index contributed by atoms with van der Waals surface area (Å²) in [4.78, 5) is 0. The van der Waals surface area contributed by atoms with Gasteiger partial charge >= 0.3 is 30.2 Å². The molecule has 1 unspecified atom stereocenters. The predicted octanol–water partition coefficient (Wildman–Crippen LogP) is 7.74. The van der Waals surface area contributed by atoms with Gasteiger partial charge in [-0.2, -0.15) is 11.1 Å². The Kier molecular flexibility index (Phi) is 12.4. The van der Waals surface area contributed by atoms with Crippen LogP contribution < -0.4 is 0 Å². The Morgan fingerprint density at radius 2 is 1.57 bits per heavy atom. The summed E-state index contributed by atoms with van der Waals surface area (Å²) in [5, 5.41) is 1.98. The van der Waals surface area contributed by atoms with Crippen LogP contribution in [0.1, 0.15) is 27.7 Å². The molecule has 0 N–H and O–H groups in total. The zero-order chi connectivity index (χ0) is 20.8. The van der Waals surface area contributed by atoms with E-state index in [1.807, 2.05) is 36.4 Å². The van der Waals surface area contributed by atoms with Crippen molar-refractivity contribution in [2.75, 3.05) is 0 Å². The van der Waals surface area contributed by atoms with Crippen molar-refractivity contribution in [2.45, 2.75) is 27.7 Å². The van der Waals surface area contributed by atoms with Gasteiger partial charge in [-0.15, -0.1) is 53.6 Å². The molecular formula is C26H28F2SiZr-4. The Balaban J connectivity index is 0.000000558. The summed E-state index contributed by atoms with van der Waals surface area (Å²) in [6.07, 6.45) is 3.36. The summed E-state index contributed by atoms with van der Waals surface area (Å²) in [5.41, 5.74) is 5.29. The third kappa shape index (κ3) is 6.25. The van der Waals surface area contributed by atoms with E-state index in [0.717, 1.165) is 22.4 Å². The van der Waals surface area contributed by atoms with Crippen LogP contribution in [0.25, 0.3) is 21.9 Å². The number of fused-ring (bicyclic) bond motifs is 1. The second-order valence-electron chi connectivity index (χ2n) is 6.73. The van der Waals surface area contributed by atoms with E-state index in [-0.39, 0.29) is 14.9 Å². The summed E-state index contributed by atoms with van der Waals surface area (Å²) in [6.45, 7) is 11.7. The average molecular weight is 498 g/mol. The van der Waals surface area contributed by atoms with Crippen LogP contribution in [-0.2, 0) is 23.3 Å². The molecule has 4 rings (SSSR count). The third-order valence-corrected chi connectivity index (χ3v) is 5.16. The van der Waals surface area contributed by atoms with Gasteiger partial charge in [0.05, 0.1) is 0 Å². The molecule has 0 spiro atoms. The molecule has 1 aliphatic rings. The molecule has 0 saturated heterocycles. The maximum absolute atomic E-state index is 13.7.